The van der Waals surface area contributed by atoms with E-state index in [9.17, 15) is 15.0 Å². The van der Waals surface area contributed by atoms with Crippen molar-refractivity contribution >= 4 is 5.78 Å². The molecule has 0 amide bonds. The maximum absolute atomic E-state index is 13.5. The maximum atomic E-state index is 13.5. The first-order valence-electron chi connectivity index (χ1n) is 10.1. The number of aliphatic hydroxyl groups excluding tert-OH is 2. The summed E-state index contributed by atoms with van der Waals surface area (Å²) >= 11 is 0. The Balaban J connectivity index is 2.02. The first-order chi connectivity index (χ1) is 14.0. The summed E-state index contributed by atoms with van der Waals surface area (Å²) in [6.07, 6.45) is 2.01. The molecule has 2 N–H and O–H groups in total. The van der Waals surface area contributed by atoms with Crippen LogP contribution < -0.4 is 0 Å². The van der Waals surface area contributed by atoms with Gasteiger partial charge in [0.25, 0.3) is 0 Å². The van der Waals surface area contributed by atoms with E-state index >= 15 is 0 Å². The largest absolute Gasteiger partial charge is 0.450 e. The number of carbonyl (C=O) groups excluding carboxylic acids is 1. The van der Waals surface area contributed by atoms with Crippen molar-refractivity contribution in [3.8, 4) is 12.0 Å². The van der Waals surface area contributed by atoms with Gasteiger partial charge in [-0.3, -0.25) is 4.79 Å². The van der Waals surface area contributed by atoms with Crippen LogP contribution in [0.15, 0.2) is 60.7 Å². The van der Waals surface area contributed by atoms with Gasteiger partial charge in [-0.05, 0) is 18.4 Å². The van der Waals surface area contributed by atoms with E-state index in [1.165, 1.54) is 7.11 Å². The Labute approximate surface area is 172 Å². The highest BCUT2D eigenvalue weighted by Gasteiger charge is 2.52. The summed E-state index contributed by atoms with van der Waals surface area (Å²) in [5, 5.41) is 21.8. The fraction of sp³-hybridized carbons (Fsp3) is 0.400. The van der Waals surface area contributed by atoms with Gasteiger partial charge < -0.3 is 14.9 Å². The van der Waals surface area contributed by atoms with Gasteiger partial charge in [-0.1, -0.05) is 73.5 Å². The third-order valence-corrected chi connectivity index (χ3v) is 6.22. The van der Waals surface area contributed by atoms with E-state index in [1.54, 1.807) is 12.1 Å². The minimum absolute atomic E-state index is 0.0727. The van der Waals surface area contributed by atoms with Crippen LogP contribution in [0.4, 0.5) is 0 Å². The number of aliphatic hydroxyl groups is 2. The molecular weight excluding hydrogens is 364 g/mol. The summed E-state index contributed by atoms with van der Waals surface area (Å²) in [7, 11) is 1.51. The summed E-state index contributed by atoms with van der Waals surface area (Å²) in [5.74, 6) is 2.45. The van der Waals surface area contributed by atoms with Crippen LogP contribution in [0.5, 0.6) is 0 Å². The molecule has 0 heterocycles. The predicted molar refractivity (Wildman–Crippen MR) is 112 cm³/mol. The minimum atomic E-state index is -0.951. The molecule has 2 aromatic carbocycles. The average Bonchev–Trinajstić information content (AvgIpc) is 2.76. The Kier molecular flexibility index (Phi) is 6.74. The first-order valence-corrected chi connectivity index (χ1v) is 10.1. The van der Waals surface area contributed by atoms with Crippen LogP contribution in [-0.2, 0) is 4.74 Å². The van der Waals surface area contributed by atoms with Crippen LogP contribution >= 0.6 is 0 Å². The number of rotatable bonds is 5. The monoisotopic (exact) mass is 392 g/mol. The number of benzene rings is 2. The summed E-state index contributed by atoms with van der Waals surface area (Å²) < 4.78 is 4.98. The molecule has 1 aliphatic carbocycles. The SMILES string of the molecule is CCC1(C(=O)c2ccccc2)CC(C(C#COC)c2ccccc2)C(O)CC1O. The van der Waals surface area contributed by atoms with Gasteiger partial charge in [-0.15, -0.1) is 0 Å². The van der Waals surface area contributed by atoms with E-state index in [4.69, 9.17) is 4.74 Å². The van der Waals surface area contributed by atoms with Gasteiger partial charge in [-0.2, -0.15) is 0 Å². The average molecular weight is 392 g/mol. The van der Waals surface area contributed by atoms with Gasteiger partial charge in [-0.25, -0.2) is 0 Å². The second-order valence-electron chi connectivity index (χ2n) is 7.73. The van der Waals surface area contributed by atoms with Crippen LogP contribution in [0, 0.1) is 23.4 Å². The number of ketones is 1. The van der Waals surface area contributed by atoms with Gasteiger partial charge in [0.05, 0.1) is 30.7 Å². The van der Waals surface area contributed by atoms with Crippen molar-refractivity contribution in [2.75, 3.05) is 7.11 Å². The van der Waals surface area contributed by atoms with Crippen molar-refractivity contribution in [1.82, 2.24) is 0 Å². The first kappa shape index (κ1) is 21.1. The van der Waals surface area contributed by atoms with Crippen LogP contribution in [0.3, 0.4) is 0 Å². The Morgan fingerprint density at radius 3 is 2.34 bits per heavy atom. The third kappa shape index (κ3) is 4.22. The Morgan fingerprint density at radius 1 is 1.14 bits per heavy atom. The number of ether oxygens (including phenoxy) is 1. The van der Waals surface area contributed by atoms with E-state index in [-0.39, 0.29) is 24.0 Å². The summed E-state index contributed by atoms with van der Waals surface area (Å²) in [6.45, 7) is 1.93. The molecule has 0 aromatic heterocycles. The number of methoxy groups -OCH3 is 1. The standard InChI is InChI=1S/C25H28O4/c1-3-25(24(28)19-12-8-5-9-13-19)17-21(22(26)16-23(25)27)20(14-15-29-2)18-10-6-4-7-11-18/h4-13,20-23,26-27H,3,16-17H2,1-2H3. The van der Waals surface area contributed by atoms with Crippen LogP contribution in [0.25, 0.3) is 0 Å². The highest BCUT2D eigenvalue weighted by Crippen LogP contribution is 2.48. The minimum Gasteiger partial charge on any atom is -0.450 e. The third-order valence-electron chi connectivity index (χ3n) is 6.22. The van der Waals surface area contributed by atoms with E-state index in [0.717, 1.165) is 5.56 Å². The Bertz CT molecular complexity index is 868. The van der Waals surface area contributed by atoms with Gasteiger partial charge >= 0.3 is 0 Å². The van der Waals surface area contributed by atoms with Gasteiger partial charge in [0.15, 0.2) is 5.78 Å². The molecule has 2 aromatic rings. The van der Waals surface area contributed by atoms with Crippen molar-refractivity contribution in [3.63, 3.8) is 0 Å². The van der Waals surface area contributed by atoms with E-state index in [1.807, 2.05) is 55.5 Å². The smallest absolute Gasteiger partial charge is 0.171 e. The zero-order valence-electron chi connectivity index (χ0n) is 16.9. The number of hydrogen-bond acceptors (Lipinski definition) is 4. The zero-order chi connectivity index (χ0) is 20.9. The molecule has 29 heavy (non-hydrogen) atoms. The molecule has 1 fully saturated rings. The molecule has 1 aliphatic rings. The number of Topliss-reactive ketones (excluding diaryl/α,β-unsaturated/α-hetero) is 1. The lowest BCUT2D eigenvalue weighted by molar-refractivity contribution is -0.0747. The fourth-order valence-corrected chi connectivity index (χ4v) is 4.54. The normalized spacial score (nSPS) is 27.4. The van der Waals surface area contributed by atoms with Crippen molar-refractivity contribution in [1.29, 1.82) is 0 Å². The van der Waals surface area contributed by atoms with Crippen molar-refractivity contribution in [3.05, 3.63) is 71.8 Å². The molecule has 5 atom stereocenters. The van der Waals surface area contributed by atoms with Crippen molar-refractivity contribution in [2.24, 2.45) is 11.3 Å². The molecule has 0 radical (unpaired) electrons. The summed E-state index contributed by atoms with van der Waals surface area (Å²) in [4.78, 5) is 13.5. The van der Waals surface area contributed by atoms with Crippen LogP contribution in [-0.4, -0.2) is 35.3 Å². The van der Waals surface area contributed by atoms with Gasteiger partial charge in [0.1, 0.15) is 6.11 Å². The highest BCUT2D eigenvalue weighted by molar-refractivity contribution is 6.01. The molecule has 152 valence electrons. The lowest BCUT2D eigenvalue weighted by Crippen LogP contribution is -2.52. The maximum Gasteiger partial charge on any atom is 0.171 e. The molecular formula is C25H28O4. The number of hydrogen-bond donors (Lipinski definition) is 2. The molecule has 0 bridgehead atoms. The number of carbonyl (C=O) groups is 1. The lowest BCUT2D eigenvalue weighted by atomic mass is 9.59. The van der Waals surface area contributed by atoms with Crippen LogP contribution in [0.2, 0.25) is 0 Å². The Morgan fingerprint density at radius 2 is 1.76 bits per heavy atom. The molecule has 0 spiro atoms. The van der Waals surface area contributed by atoms with Crippen molar-refractivity contribution in [2.45, 2.75) is 44.3 Å². The van der Waals surface area contributed by atoms with E-state index < -0.39 is 17.6 Å². The quantitative estimate of drug-likeness (QED) is 0.600. The molecule has 4 nitrogen and oxygen atoms in total. The molecule has 3 rings (SSSR count). The molecule has 0 saturated heterocycles. The van der Waals surface area contributed by atoms with E-state index in [0.29, 0.717) is 18.4 Å². The van der Waals surface area contributed by atoms with E-state index in [2.05, 4.69) is 12.0 Å². The predicted octanol–water partition coefficient (Wildman–Crippen LogP) is 3.79. The molecule has 4 heteroatoms. The second-order valence-corrected chi connectivity index (χ2v) is 7.73. The fourth-order valence-electron chi connectivity index (χ4n) is 4.54. The summed E-state index contributed by atoms with van der Waals surface area (Å²) in [5.41, 5.74) is 0.602. The second kappa shape index (κ2) is 9.26. The molecule has 0 aliphatic heterocycles. The molecule has 1 saturated carbocycles. The Hall–Kier alpha value is -2.61. The lowest BCUT2D eigenvalue weighted by Gasteiger charge is -2.46. The topological polar surface area (TPSA) is 66.8 Å². The summed E-state index contributed by atoms with van der Waals surface area (Å²) in [6, 6.07) is 18.8. The van der Waals surface area contributed by atoms with Gasteiger partial charge in [0, 0.05) is 17.9 Å². The van der Waals surface area contributed by atoms with Crippen molar-refractivity contribution < 1.29 is 19.7 Å². The zero-order valence-corrected chi connectivity index (χ0v) is 16.9. The molecule has 5 unspecified atom stereocenters. The van der Waals surface area contributed by atoms with Crippen LogP contribution in [0.1, 0.15) is 48.0 Å². The highest BCUT2D eigenvalue weighted by atomic mass is 16.5. The van der Waals surface area contributed by atoms with Gasteiger partial charge in [0.2, 0.25) is 0 Å².